The Morgan fingerprint density at radius 2 is 1.59 bits per heavy atom. The number of ether oxygens (including phenoxy) is 2. The Hall–Kier alpha value is -3.17. The molecule has 0 unspecified atom stereocenters. The molecule has 0 saturated carbocycles. The number of hydrogen-bond donors (Lipinski definition) is 1. The van der Waals surface area contributed by atoms with E-state index in [0.29, 0.717) is 6.07 Å². The lowest BCUT2D eigenvalue weighted by Gasteiger charge is -2.14. The first-order chi connectivity index (χ1) is 12.7. The van der Waals surface area contributed by atoms with Crippen molar-refractivity contribution in [1.29, 1.82) is 0 Å². The van der Waals surface area contributed by atoms with Crippen LogP contribution in [0.3, 0.4) is 0 Å². The highest BCUT2D eigenvalue weighted by molar-refractivity contribution is 5.97. The van der Waals surface area contributed by atoms with Gasteiger partial charge in [0.15, 0.2) is 23.6 Å². The van der Waals surface area contributed by atoms with E-state index in [-0.39, 0.29) is 11.3 Å². The summed E-state index contributed by atoms with van der Waals surface area (Å²) in [6.45, 7) is -1.86. The van der Waals surface area contributed by atoms with Crippen molar-refractivity contribution < 1.29 is 41.0 Å². The van der Waals surface area contributed by atoms with Crippen LogP contribution in [0.2, 0.25) is 0 Å². The molecule has 27 heavy (non-hydrogen) atoms. The maximum Gasteiger partial charge on any atom is 0.387 e. The molecule has 1 atom stereocenters. The van der Waals surface area contributed by atoms with Crippen molar-refractivity contribution in [1.82, 2.24) is 0 Å². The molecular formula is C17H12F5NO4. The summed E-state index contributed by atoms with van der Waals surface area (Å²) in [5, 5.41) is 1.96. The topological polar surface area (TPSA) is 64.6 Å². The Morgan fingerprint density at radius 3 is 2.19 bits per heavy atom. The van der Waals surface area contributed by atoms with E-state index in [1.807, 2.05) is 5.32 Å². The number of amides is 1. The zero-order valence-corrected chi connectivity index (χ0v) is 13.6. The van der Waals surface area contributed by atoms with Gasteiger partial charge in [0.25, 0.3) is 5.91 Å². The summed E-state index contributed by atoms with van der Waals surface area (Å²) in [6, 6.07) is 5.91. The second-order valence-electron chi connectivity index (χ2n) is 5.16. The van der Waals surface area contributed by atoms with Crippen LogP contribution in [0, 0.1) is 17.5 Å². The van der Waals surface area contributed by atoms with Gasteiger partial charge in [0.1, 0.15) is 5.75 Å². The third-order valence-electron chi connectivity index (χ3n) is 3.26. The average molecular weight is 389 g/mol. The third-order valence-corrected chi connectivity index (χ3v) is 3.26. The Morgan fingerprint density at radius 1 is 0.963 bits per heavy atom. The monoisotopic (exact) mass is 389 g/mol. The normalized spacial score (nSPS) is 11.8. The third kappa shape index (κ3) is 5.16. The van der Waals surface area contributed by atoms with E-state index in [1.54, 1.807) is 0 Å². The molecule has 10 heteroatoms. The molecule has 0 aliphatic carbocycles. The van der Waals surface area contributed by atoms with Crippen molar-refractivity contribution in [2.45, 2.75) is 19.6 Å². The van der Waals surface area contributed by atoms with Gasteiger partial charge in [-0.15, -0.1) is 0 Å². The van der Waals surface area contributed by atoms with Crippen LogP contribution in [0.25, 0.3) is 0 Å². The van der Waals surface area contributed by atoms with Crippen molar-refractivity contribution in [3.63, 3.8) is 0 Å². The summed E-state index contributed by atoms with van der Waals surface area (Å²) in [5.41, 5.74) is -0.689. The van der Waals surface area contributed by atoms with Crippen molar-refractivity contribution in [2.24, 2.45) is 0 Å². The van der Waals surface area contributed by atoms with Crippen molar-refractivity contribution in [3.05, 3.63) is 59.4 Å². The van der Waals surface area contributed by atoms with E-state index in [9.17, 15) is 31.5 Å². The van der Waals surface area contributed by atoms with Crippen molar-refractivity contribution in [3.8, 4) is 5.75 Å². The Kier molecular flexibility index (Phi) is 6.32. The number of alkyl halides is 2. The predicted octanol–water partition coefficient (Wildman–Crippen LogP) is 3.89. The maximum atomic E-state index is 13.5. The fourth-order valence-corrected chi connectivity index (χ4v) is 1.91. The van der Waals surface area contributed by atoms with Crippen LogP contribution < -0.4 is 10.1 Å². The molecule has 0 heterocycles. The van der Waals surface area contributed by atoms with Crippen LogP contribution in [0.5, 0.6) is 5.75 Å². The molecule has 0 spiro atoms. The molecule has 0 aliphatic heterocycles. The van der Waals surface area contributed by atoms with Gasteiger partial charge in [-0.1, -0.05) is 0 Å². The SMILES string of the molecule is C[C@H](OC(=O)c1ccc(OC(F)F)cc1)C(=O)Nc1ccc(F)c(F)c1F. The van der Waals surface area contributed by atoms with Gasteiger partial charge in [0, 0.05) is 0 Å². The molecule has 5 nitrogen and oxygen atoms in total. The number of halogens is 5. The Labute approximate surface area is 149 Å². The summed E-state index contributed by atoms with van der Waals surface area (Å²) >= 11 is 0. The number of anilines is 1. The largest absolute Gasteiger partial charge is 0.449 e. The highest BCUT2D eigenvalue weighted by atomic mass is 19.3. The zero-order valence-electron chi connectivity index (χ0n) is 13.6. The second kappa shape index (κ2) is 8.47. The fraction of sp³-hybridized carbons (Fsp3) is 0.176. The Balaban J connectivity index is 1.99. The minimum absolute atomic E-state index is 0.0599. The van der Waals surface area contributed by atoms with E-state index >= 15 is 0 Å². The number of rotatable bonds is 6. The number of carbonyl (C=O) groups excluding carboxylic acids is 2. The number of benzene rings is 2. The van der Waals surface area contributed by atoms with Gasteiger partial charge < -0.3 is 14.8 Å². The predicted molar refractivity (Wildman–Crippen MR) is 82.9 cm³/mol. The van der Waals surface area contributed by atoms with Crippen molar-refractivity contribution >= 4 is 17.6 Å². The average Bonchev–Trinajstić information content (AvgIpc) is 2.62. The van der Waals surface area contributed by atoms with Crippen LogP contribution >= 0.6 is 0 Å². The number of nitrogens with one attached hydrogen (secondary N) is 1. The number of hydrogen-bond acceptors (Lipinski definition) is 4. The highest BCUT2D eigenvalue weighted by Crippen LogP contribution is 2.20. The molecule has 0 aromatic heterocycles. The molecule has 2 rings (SSSR count). The molecular weight excluding hydrogens is 377 g/mol. The van der Waals surface area contributed by atoms with Gasteiger partial charge in [-0.25, -0.2) is 18.0 Å². The molecule has 0 saturated heterocycles. The zero-order chi connectivity index (χ0) is 20.1. The van der Waals surface area contributed by atoms with Crippen LogP contribution in [-0.2, 0) is 9.53 Å². The summed E-state index contributed by atoms with van der Waals surface area (Å²) in [7, 11) is 0. The van der Waals surface area contributed by atoms with Crippen LogP contribution in [0.4, 0.5) is 27.6 Å². The molecule has 0 radical (unpaired) electrons. The van der Waals surface area contributed by atoms with E-state index < -0.39 is 47.7 Å². The lowest BCUT2D eigenvalue weighted by atomic mass is 10.2. The number of esters is 1. The lowest BCUT2D eigenvalue weighted by Crippen LogP contribution is -2.30. The molecule has 0 fully saturated rings. The van der Waals surface area contributed by atoms with Gasteiger partial charge in [-0.3, -0.25) is 4.79 Å². The van der Waals surface area contributed by atoms with Gasteiger partial charge in [0.05, 0.1) is 11.3 Å². The van der Waals surface area contributed by atoms with Gasteiger partial charge in [-0.05, 0) is 43.3 Å². The first kappa shape index (κ1) is 20.1. The standard InChI is InChI=1S/C17H12F5NO4/c1-8(15(24)23-12-7-6-11(18)13(19)14(12)20)26-16(25)9-2-4-10(5-3-9)27-17(21)22/h2-8,17H,1H3,(H,23,24)/t8-/m0/s1. The van der Waals surface area contributed by atoms with Gasteiger partial charge >= 0.3 is 12.6 Å². The van der Waals surface area contributed by atoms with E-state index in [1.165, 1.54) is 6.92 Å². The second-order valence-corrected chi connectivity index (χ2v) is 5.16. The summed E-state index contributed by atoms with van der Waals surface area (Å²) < 4.78 is 72.7. The van der Waals surface area contributed by atoms with E-state index in [2.05, 4.69) is 4.74 Å². The quantitative estimate of drug-likeness (QED) is 0.463. The molecule has 1 amide bonds. The lowest BCUT2D eigenvalue weighted by molar-refractivity contribution is -0.123. The molecule has 0 aliphatic rings. The van der Waals surface area contributed by atoms with Crippen molar-refractivity contribution in [2.75, 3.05) is 5.32 Å². The smallest absolute Gasteiger partial charge is 0.387 e. The fourth-order valence-electron chi connectivity index (χ4n) is 1.91. The van der Waals surface area contributed by atoms with Crippen LogP contribution in [0.1, 0.15) is 17.3 Å². The van der Waals surface area contributed by atoms with Gasteiger partial charge in [-0.2, -0.15) is 8.78 Å². The van der Waals surface area contributed by atoms with Crippen LogP contribution in [0.15, 0.2) is 36.4 Å². The van der Waals surface area contributed by atoms with E-state index in [0.717, 1.165) is 30.3 Å². The summed E-state index contributed by atoms with van der Waals surface area (Å²) in [5.74, 6) is -6.93. The summed E-state index contributed by atoms with van der Waals surface area (Å²) in [6.07, 6.45) is -1.41. The molecule has 1 N–H and O–H groups in total. The first-order valence-corrected chi connectivity index (χ1v) is 7.39. The maximum absolute atomic E-state index is 13.5. The van der Waals surface area contributed by atoms with Crippen LogP contribution in [-0.4, -0.2) is 24.6 Å². The molecule has 0 bridgehead atoms. The Bertz CT molecular complexity index is 842. The molecule has 144 valence electrons. The molecule has 2 aromatic rings. The minimum Gasteiger partial charge on any atom is -0.449 e. The van der Waals surface area contributed by atoms with E-state index in [4.69, 9.17) is 4.74 Å². The highest BCUT2D eigenvalue weighted by Gasteiger charge is 2.22. The first-order valence-electron chi connectivity index (χ1n) is 7.39. The molecule has 2 aromatic carbocycles. The van der Waals surface area contributed by atoms with Gasteiger partial charge in [0.2, 0.25) is 0 Å². The summed E-state index contributed by atoms with van der Waals surface area (Å²) in [4.78, 5) is 23.9. The number of carbonyl (C=O) groups is 2. The minimum atomic E-state index is -3.02.